The van der Waals surface area contributed by atoms with E-state index in [4.69, 9.17) is 4.98 Å². The van der Waals surface area contributed by atoms with Crippen LogP contribution in [0.5, 0.6) is 0 Å². The van der Waals surface area contributed by atoms with Gasteiger partial charge in [0.1, 0.15) is 17.2 Å². The van der Waals surface area contributed by atoms with Gasteiger partial charge in [-0.15, -0.1) is 0 Å². The van der Waals surface area contributed by atoms with Gasteiger partial charge in [0, 0.05) is 62.4 Å². The molecule has 192 valence electrons. The number of aromatic nitrogens is 2. The largest absolute Gasteiger partial charge is 0.372 e. The molecule has 4 heterocycles. The van der Waals surface area contributed by atoms with Crippen molar-refractivity contribution in [1.82, 2.24) is 19.2 Å². The lowest BCUT2D eigenvalue weighted by Gasteiger charge is -2.36. The van der Waals surface area contributed by atoms with Crippen LogP contribution in [0.2, 0.25) is 0 Å². The summed E-state index contributed by atoms with van der Waals surface area (Å²) < 4.78 is 2.03. The number of hydrogen-bond donors (Lipinski definition) is 1. The van der Waals surface area contributed by atoms with Gasteiger partial charge < -0.3 is 20.0 Å². The minimum Gasteiger partial charge on any atom is -0.372 e. The number of anilines is 2. The number of pyridine rings is 1. The number of fused-ring (bicyclic) bond motifs is 1. The van der Waals surface area contributed by atoms with Crippen LogP contribution < -0.4 is 10.2 Å². The van der Waals surface area contributed by atoms with E-state index < -0.39 is 0 Å². The van der Waals surface area contributed by atoms with Crippen molar-refractivity contribution in [3.8, 4) is 11.3 Å². The highest BCUT2D eigenvalue weighted by atomic mass is 16.2. The minimum absolute atomic E-state index is 0.101. The van der Waals surface area contributed by atoms with Crippen LogP contribution in [0.25, 0.3) is 16.9 Å². The molecular weight excluding hydrogens is 460 g/mol. The number of carbonyl (C=O) groups is 1. The average molecular weight is 497 g/mol. The summed E-state index contributed by atoms with van der Waals surface area (Å²) in [5, 5.41) is 3.43. The normalized spacial score (nSPS) is 16.7. The summed E-state index contributed by atoms with van der Waals surface area (Å²) in [6, 6.07) is 14.6. The Balaban J connectivity index is 1.28. The molecule has 2 fully saturated rings. The Morgan fingerprint density at radius 2 is 1.73 bits per heavy atom. The first-order valence-corrected chi connectivity index (χ1v) is 13.2. The van der Waals surface area contributed by atoms with Crippen molar-refractivity contribution in [2.45, 2.75) is 19.8 Å². The van der Waals surface area contributed by atoms with E-state index in [9.17, 15) is 4.79 Å². The quantitative estimate of drug-likeness (QED) is 0.454. The van der Waals surface area contributed by atoms with Crippen LogP contribution in [0.1, 0.15) is 19.8 Å². The molecule has 5 rings (SSSR count). The van der Waals surface area contributed by atoms with Crippen molar-refractivity contribution in [3.63, 3.8) is 0 Å². The molecule has 0 unspecified atom stereocenters. The third-order valence-electron chi connectivity index (χ3n) is 7.25. The Morgan fingerprint density at radius 3 is 2.43 bits per heavy atom. The molecule has 0 saturated carbocycles. The van der Waals surface area contributed by atoms with E-state index in [2.05, 4.69) is 58.1 Å². The van der Waals surface area contributed by atoms with Gasteiger partial charge in [-0.25, -0.2) is 4.98 Å². The van der Waals surface area contributed by atoms with Crippen molar-refractivity contribution < 1.29 is 4.79 Å². The molecule has 2 aromatic heterocycles. The topological polar surface area (TPSA) is 56.1 Å². The van der Waals surface area contributed by atoms with Crippen LogP contribution in [-0.2, 0) is 4.79 Å². The van der Waals surface area contributed by atoms with Crippen LogP contribution in [0.3, 0.4) is 0 Å². The average Bonchev–Trinajstić information content (AvgIpc) is 3.61. The molecule has 37 heavy (non-hydrogen) atoms. The summed E-state index contributed by atoms with van der Waals surface area (Å²) in [7, 11) is 0. The molecule has 2 aliphatic rings. The zero-order chi connectivity index (χ0) is 25.6. The van der Waals surface area contributed by atoms with Crippen molar-refractivity contribution >= 4 is 23.1 Å². The molecule has 2 saturated heterocycles. The van der Waals surface area contributed by atoms with Crippen molar-refractivity contribution in [2.24, 2.45) is 0 Å². The third-order valence-corrected chi connectivity index (χ3v) is 7.25. The number of piperazine rings is 1. The van der Waals surface area contributed by atoms with E-state index in [1.54, 1.807) is 6.08 Å². The molecular formula is C30H36N6O. The molecule has 0 atom stereocenters. The highest BCUT2D eigenvalue weighted by Crippen LogP contribution is 2.31. The van der Waals surface area contributed by atoms with E-state index in [-0.39, 0.29) is 12.5 Å². The smallest absolute Gasteiger partial charge is 0.242 e. The Kier molecular flexibility index (Phi) is 7.59. The molecule has 0 aliphatic carbocycles. The van der Waals surface area contributed by atoms with Gasteiger partial charge in [-0.05, 0) is 50.1 Å². The highest BCUT2D eigenvalue weighted by molar-refractivity contribution is 5.84. The van der Waals surface area contributed by atoms with Crippen LogP contribution in [0.15, 0.2) is 85.2 Å². The van der Waals surface area contributed by atoms with E-state index in [1.807, 2.05) is 46.7 Å². The van der Waals surface area contributed by atoms with Gasteiger partial charge in [0.2, 0.25) is 5.91 Å². The summed E-state index contributed by atoms with van der Waals surface area (Å²) in [6.45, 7) is 11.3. The van der Waals surface area contributed by atoms with Crippen LogP contribution in [0.4, 0.5) is 11.5 Å². The standard InChI is InChI=1S/C30H36N6O/c1-3-5-10-25(4-2)34-19-21-35(22-20-34)28(37)23-31-30-29(32-27-11-6-7-18-36(27)30)24-12-14-26(15-13-24)33-16-8-9-17-33/h3-7,10-15,18,31H,1,8-9,16-17,19-23H2,2H3/b10-5-,25-4-. The summed E-state index contributed by atoms with van der Waals surface area (Å²) in [5.74, 6) is 0.951. The molecule has 0 radical (unpaired) electrons. The maximum absolute atomic E-state index is 13.2. The first-order chi connectivity index (χ1) is 18.2. The van der Waals surface area contributed by atoms with Gasteiger partial charge >= 0.3 is 0 Å². The molecule has 7 heteroatoms. The fourth-order valence-corrected chi connectivity index (χ4v) is 5.21. The summed E-state index contributed by atoms with van der Waals surface area (Å²) in [5.41, 5.74) is 5.19. The van der Waals surface area contributed by atoms with Crippen molar-refractivity contribution in [1.29, 1.82) is 0 Å². The van der Waals surface area contributed by atoms with E-state index in [0.717, 1.165) is 54.6 Å². The molecule has 7 nitrogen and oxygen atoms in total. The van der Waals surface area contributed by atoms with Gasteiger partial charge in [-0.3, -0.25) is 9.20 Å². The number of rotatable bonds is 8. The monoisotopic (exact) mass is 496 g/mol. The van der Waals surface area contributed by atoms with Crippen molar-refractivity contribution in [3.05, 3.63) is 85.2 Å². The maximum Gasteiger partial charge on any atom is 0.242 e. The molecule has 0 spiro atoms. The molecule has 1 aromatic carbocycles. The lowest BCUT2D eigenvalue weighted by Crippen LogP contribution is -2.49. The number of nitrogens with one attached hydrogen (secondary N) is 1. The summed E-state index contributed by atoms with van der Waals surface area (Å²) in [6.07, 6.45) is 12.4. The van der Waals surface area contributed by atoms with Crippen LogP contribution >= 0.6 is 0 Å². The second-order valence-electron chi connectivity index (χ2n) is 9.51. The molecule has 1 amide bonds. The van der Waals surface area contributed by atoms with E-state index in [0.29, 0.717) is 13.1 Å². The third kappa shape index (κ3) is 5.40. The van der Waals surface area contributed by atoms with Crippen LogP contribution in [0, 0.1) is 0 Å². The molecule has 1 N–H and O–H groups in total. The number of nitrogens with zero attached hydrogens (tertiary/aromatic N) is 5. The Hall–Kier alpha value is -4.00. The van der Waals surface area contributed by atoms with Crippen LogP contribution in [-0.4, -0.2) is 70.9 Å². The highest BCUT2D eigenvalue weighted by Gasteiger charge is 2.23. The molecule has 0 bridgehead atoms. The fraction of sp³-hybridized carbons (Fsp3) is 0.333. The summed E-state index contributed by atoms with van der Waals surface area (Å²) >= 11 is 0. The van der Waals surface area contributed by atoms with Gasteiger partial charge in [0.15, 0.2) is 0 Å². The number of carbonyl (C=O) groups excluding carboxylic acids is 1. The number of benzene rings is 1. The lowest BCUT2D eigenvalue weighted by atomic mass is 10.1. The van der Waals surface area contributed by atoms with Gasteiger partial charge in [-0.2, -0.15) is 0 Å². The second kappa shape index (κ2) is 11.4. The summed E-state index contributed by atoms with van der Waals surface area (Å²) in [4.78, 5) is 24.7. The van der Waals surface area contributed by atoms with Gasteiger partial charge in [0.05, 0.1) is 6.54 Å². The maximum atomic E-state index is 13.2. The fourth-order valence-electron chi connectivity index (χ4n) is 5.21. The lowest BCUT2D eigenvalue weighted by molar-refractivity contribution is -0.130. The van der Waals surface area contributed by atoms with Gasteiger partial charge in [0.25, 0.3) is 0 Å². The SMILES string of the molecule is C=C/C=C\C(=C\C)N1CCN(C(=O)CNc2c(-c3ccc(N4CCCC4)cc3)nc3ccccn23)CC1. The van der Waals surface area contributed by atoms with Crippen molar-refractivity contribution in [2.75, 3.05) is 56.0 Å². The number of imidazole rings is 1. The molecule has 3 aromatic rings. The molecule has 2 aliphatic heterocycles. The predicted octanol–water partition coefficient (Wildman–Crippen LogP) is 4.80. The van der Waals surface area contributed by atoms with E-state index in [1.165, 1.54) is 18.5 Å². The number of allylic oxidation sites excluding steroid dienone is 4. The zero-order valence-electron chi connectivity index (χ0n) is 21.6. The Labute approximate surface area is 219 Å². The van der Waals surface area contributed by atoms with E-state index >= 15 is 0 Å². The first-order valence-electron chi connectivity index (χ1n) is 13.2. The Bertz CT molecular complexity index is 1290. The second-order valence-corrected chi connectivity index (χ2v) is 9.51. The predicted molar refractivity (Wildman–Crippen MR) is 152 cm³/mol. The van der Waals surface area contributed by atoms with Gasteiger partial charge in [-0.1, -0.05) is 43.0 Å². The number of amides is 1. The minimum atomic E-state index is 0.101. The Morgan fingerprint density at radius 1 is 1.00 bits per heavy atom. The first kappa shape index (κ1) is 24.7. The zero-order valence-corrected chi connectivity index (χ0v) is 21.6. The number of hydrogen-bond acceptors (Lipinski definition) is 5.